The van der Waals surface area contributed by atoms with Gasteiger partial charge in [-0.25, -0.2) is 9.97 Å². The highest BCUT2D eigenvalue weighted by Crippen LogP contribution is 2.33. The smallest absolute Gasteiger partial charge is 0.226 e. The van der Waals surface area contributed by atoms with Crippen molar-refractivity contribution in [3.05, 3.63) is 40.0 Å². The van der Waals surface area contributed by atoms with Gasteiger partial charge in [-0.2, -0.15) is 11.3 Å². The van der Waals surface area contributed by atoms with Gasteiger partial charge in [-0.05, 0) is 55.0 Å². The summed E-state index contributed by atoms with van der Waals surface area (Å²) in [6, 6.07) is 2.48. The van der Waals surface area contributed by atoms with E-state index in [0.29, 0.717) is 18.5 Å². The third kappa shape index (κ3) is 3.29. The number of amides is 1. The maximum atomic E-state index is 12.3. The normalized spacial score (nSPS) is 18.1. The highest BCUT2D eigenvalue weighted by atomic mass is 32.1. The summed E-state index contributed by atoms with van der Waals surface area (Å²) in [5, 5.41) is 7.84. The van der Waals surface area contributed by atoms with E-state index in [1.807, 2.05) is 4.90 Å². The molecule has 1 unspecified atom stereocenters. The highest BCUT2D eigenvalue weighted by Gasteiger charge is 2.35. The Kier molecular flexibility index (Phi) is 4.22. The Bertz CT molecular complexity index is 727. The lowest BCUT2D eigenvalue weighted by atomic mass is 10.0. The zero-order valence-electron chi connectivity index (χ0n) is 13.9. The molecule has 24 heavy (non-hydrogen) atoms. The Hall–Kier alpha value is -1.95. The topological polar surface area (TPSA) is 58.1 Å². The van der Waals surface area contributed by atoms with Crippen molar-refractivity contribution in [3.63, 3.8) is 0 Å². The van der Waals surface area contributed by atoms with Gasteiger partial charge in [0.15, 0.2) is 0 Å². The lowest BCUT2D eigenvalue weighted by molar-refractivity contribution is -0.133. The standard InChI is InChI=1S/C18H22N4OS/c1-12(8-13-5-7-24-10-13)21-17-15-4-6-22(18(23)14-2-3-14)9-16(15)19-11-20-17/h5,7,10-12,14H,2-4,6,8-9H2,1H3,(H,19,20,21). The minimum Gasteiger partial charge on any atom is -0.367 e. The zero-order valence-corrected chi connectivity index (χ0v) is 14.7. The summed E-state index contributed by atoms with van der Waals surface area (Å²) in [5.41, 5.74) is 3.52. The highest BCUT2D eigenvalue weighted by molar-refractivity contribution is 7.07. The van der Waals surface area contributed by atoms with Gasteiger partial charge >= 0.3 is 0 Å². The summed E-state index contributed by atoms with van der Waals surface area (Å²) < 4.78 is 0. The first-order valence-electron chi connectivity index (χ1n) is 8.60. The van der Waals surface area contributed by atoms with Crippen LogP contribution >= 0.6 is 11.3 Å². The molecule has 1 N–H and O–H groups in total. The minimum atomic E-state index is 0.275. The van der Waals surface area contributed by atoms with Crippen molar-refractivity contribution >= 4 is 23.1 Å². The number of carbonyl (C=O) groups is 1. The molecule has 3 heterocycles. The molecule has 6 heteroatoms. The maximum absolute atomic E-state index is 12.3. The average molecular weight is 342 g/mol. The molecule has 2 aromatic rings. The molecule has 0 radical (unpaired) electrons. The fourth-order valence-electron chi connectivity index (χ4n) is 3.30. The summed E-state index contributed by atoms with van der Waals surface area (Å²) in [6.07, 6.45) is 5.54. The zero-order chi connectivity index (χ0) is 16.5. The second-order valence-electron chi connectivity index (χ2n) is 6.81. The van der Waals surface area contributed by atoms with Gasteiger partial charge in [0, 0.05) is 24.1 Å². The third-order valence-corrected chi connectivity index (χ3v) is 5.48. The molecular weight excluding hydrogens is 320 g/mol. The summed E-state index contributed by atoms with van der Waals surface area (Å²) >= 11 is 1.73. The van der Waals surface area contributed by atoms with Crippen molar-refractivity contribution in [1.29, 1.82) is 0 Å². The summed E-state index contributed by atoms with van der Waals surface area (Å²) in [4.78, 5) is 23.1. The van der Waals surface area contributed by atoms with E-state index in [1.165, 1.54) is 11.1 Å². The predicted molar refractivity (Wildman–Crippen MR) is 95.0 cm³/mol. The van der Waals surface area contributed by atoms with Crippen molar-refractivity contribution in [2.75, 3.05) is 11.9 Å². The second kappa shape index (κ2) is 6.51. The van der Waals surface area contributed by atoms with Crippen LogP contribution in [0, 0.1) is 5.92 Å². The van der Waals surface area contributed by atoms with Crippen LogP contribution in [0.1, 0.15) is 36.6 Å². The van der Waals surface area contributed by atoms with E-state index >= 15 is 0 Å². The van der Waals surface area contributed by atoms with Gasteiger partial charge in [0.1, 0.15) is 12.1 Å². The van der Waals surface area contributed by atoms with Crippen molar-refractivity contribution in [1.82, 2.24) is 14.9 Å². The number of anilines is 1. The van der Waals surface area contributed by atoms with E-state index in [0.717, 1.165) is 43.7 Å². The van der Waals surface area contributed by atoms with E-state index < -0.39 is 0 Å². The molecule has 1 amide bonds. The van der Waals surface area contributed by atoms with Crippen LogP contribution in [0.5, 0.6) is 0 Å². The SMILES string of the molecule is CC(Cc1ccsc1)Nc1ncnc2c1CCN(C(=O)C1CC1)C2. The number of aromatic nitrogens is 2. The Balaban J connectivity index is 1.46. The number of nitrogens with zero attached hydrogens (tertiary/aromatic N) is 3. The van der Waals surface area contributed by atoms with Crippen LogP contribution in [-0.2, 0) is 24.2 Å². The van der Waals surface area contributed by atoms with Gasteiger partial charge in [0.25, 0.3) is 0 Å². The Morgan fingerprint density at radius 1 is 1.46 bits per heavy atom. The Morgan fingerprint density at radius 3 is 3.08 bits per heavy atom. The summed E-state index contributed by atoms with van der Waals surface area (Å²) in [5.74, 6) is 1.51. The molecule has 0 saturated heterocycles. The van der Waals surface area contributed by atoms with Gasteiger partial charge in [0.2, 0.25) is 5.91 Å². The first-order valence-corrected chi connectivity index (χ1v) is 9.54. The van der Waals surface area contributed by atoms with Crippen LogP contribution in [0.4, 0.5) is 5.82 Å². The molecule has 5 nitrogen and oxygen atoms in total. The molecule has 4 rings (SSSR count). The van der Waals surface area contributed by atoms with Crippen LogP contribution in [0.2, 0.25) is 0 Å². The minimum absolute atomic E-state index is 0.275. The number of carbonyl (C=O) groups excluding carboxylic acids is 1. The van der Waals surface area contributed by atoms with Gasteiger partial charge in [-0.1, -0.05) is 0 Å². The van der Waals surface area contributed by atoms with Crippen LogP contribution < -0.4 is 5.32 Å². The number of fused-ring (bicyclic) bond motifs is 1. The van der Waals surface area contributed by atoms with Crippen LogP contribution in [0.25, 0.3) is 0 Å². The monoisotopic (exact) mass is 342 g/mol. The third-order valence-electron chi connectivity index (χ3n) is 4.75. The molecule has 1 aliphatic carbocycles. The van der Waals surface area contributed by atoms with E-state index in [4.69, 9.17) is 0 Å². The largest absolute Gasteiger partial charge is 0.367 e. The predicted octanol–water partition coefficient (Wildman–Crippen LogP) is 2.88. The van der Waals surface area contributed by atoms with E-state index in [9.17, 15) is 4.79 Å². The number of hydrogen-bond donors (Lipinski definition) is 1. The molecule has 1 atom stereocenters. The lowest BCUT2D eigenvalue weighted by Gasteiger charge is -2.29. The van der Waals surface area contributed by atoms with Crippen LogP contribution in [0.3, 0.4) is 0 Å². The van der Waals surface area contributed by atoms with Crippen molar-refractivity contribution < 1.29 is 4.79 Å². The number of thiophene rings is 1. The molecule has 126 valence electrons. The average Bonchev–Trinajstić information content (AvgIpc) is 3.32. The van der Waals surface area contributed by atoms with Gasteiger partial charge in [-0.3, -0.25) is 4.79 Å². The fourth-order valence-corrected chi connectivity index (χ4v) is 3.98. The van der Waals surface area contributed by atoms with Crippen LogP contribution in [0.15, 0.2) is 23.2 Å². The first kappa shape index (κ1) is 15.6. The Morgan fingerprint density at radius 2 is 2.33 bits per heavy atom. The lowest BCUT2D eigenvalue weighted by Crippen LogP contribution is -2.38. The molecule has 2 aliphatic rings. The molecule has 2 aromatic heterocycles. The molecule has 1 aliphatic heterocycles. The number of nitrogens with one attached hydrogen (secondary N) is 1. The molecule has 1 fully saturated rings. The van der Waals surface area contributed by atoms with Gasteiger partial charge < -0.3 is 10.2 Å². The van der Waals surface area contributed by atoms with E-state index in [2.05, 4.69) is 39.0 Å². The van der Waals surface area contributed by atoms with E-state index in [-0.39, 0.29) is 5.92 Å². The van der Waals surface area contributed by atoms with Crippen LogP contribution in [-0.4, -0.2) is 33.4 Å². The second-order valence-corrected chi connectivity index (χ2v) is 7.59. The molecular formula is C18H22N4OS. The number of rotatable bonds is 5. The van der Waals surface area contributed by atoms with Gasteiger partial charge in [0.05, 0.1) is 12.2 Å². The maximum Gasteiger partial charge on any atom is 0.226 e. The van der Waals surface area contributed by atoms with Crippen molar-refractivity contribution in [3.8, 4) is 0 Å². The summed E-state index contributed by atoms with van der Waals surface area (Å²) in [7, 11) is 0. The molecule has 1 saturated carbocycles. The summed E-state index contributed by atoms with van der Waals surface area (Å²) in [6.45, 7) is 3.59. The van der Waals surface area contributed by atoms with Crippen molar-refractivity contribution in [2.24, 2.45) is 5.92 Å². The van der Waals surface area contributed by atoms with E-state index in [1.54, 1.807) is 17.7 Å². The molecule has 0 aromatic carbocycles. The van der Waals surface area contributed by atoms with Gasteiger partial charge in [-0.15, -0.1) is 0 Å². The quantitative estimate of drug-likeness (QED) is 0.908. The fraction of sp³-hybridized carbons (Fsp3) is 0.500. The first-order chi connectivity index (χ1) is 11.7. The number of hydrogen-bond acceptors (Lipinski definition) is 5. The molecule has 0 spiro atoms. The van der Waals surface area contributed by atoms with Crippen molar-refractivity contribution in [2.45, 2.75) is 45.2 Å². The Labute approximate surface area is 146 Å². The molecule has 0 bridgehead atoms.